The van der Waals surface area contributed by atoms with E-state index in [1.807, 2.05) is 0 Å². The van der Waals surface area contributed by atoms with Gasteiger partial charge in [0.15, 0.2) is 5.82 Å². The zero-order chi connectivity index (χ0) is 72.1. The van der Waals surface area contributed by atoms with Crippen LogP contribution in [0.25, 0.3) is 183 Å². The zero-order valence-electron chi connectivity index (χ0n) is 61.0. The summed E-state index contributed by atoms with van der Waals surface area (Å²) >= 11 is 0. The average molecular weight is 1380 g/mol. The van der Waals surface area contributed by atoms with Gasteiger partial charge in [0.2, 0.25) is 0 Å². The molecule has 22 rings (SSSR count). The minimum atomic E-state index is -0.0564. The van der Waals surface area contributed by atoms with Crippen molar-refractivity contribution in [2.24, 2.45) is 0 Å². The Kier molecular flexibility index (Phi) is 13.2. The molecule has 0 aliphatic heterocycles. The smallest absolute Gasteiger partial charge is 0.160 e. The molecule has 4 aromatic heterocycles. The molecule has 0 spiro atoms. The normalized spacial score (nSPS) is 14.1. The SMILES string of the molecule is CC1(C)c2ccccc2-c2cc(-c3ccc4c(c3)c3ccccc3n4-c3ccc(-c4nc(-c5cccc(-n6c7ccccc7c7cc(-c8ccc9c(c8)-c8ccccc8C9(C)C)ccc76)c5)cc(-c5cccc(-n6c7ccccc7c7cc(-c8ccc9c(c8)-c8ccccc8C9(C)C)ccc76)c5)n4)cc3)ccc21. The Morgan fingerprint density at radius 3 is 0.870 bits per heavy atom. The number of hydrogen-bond donors (Lipinski definition) is 0. The fraction of sp³-hybridized carbons (Fsp3) is 0.0874. The van der Waals surface area contributed by atoms with Crippen LogP contribution in [0.1, 0.15) is 74.9 Å². The molecule has 0 amide bonds. The van der Waals surface area contributed by atoms with Crippen molar-refractivity contribution in [3.8, 4) is 118 Å². The summed E-state index contributed by atoms with van der Waals surface area (Å²) in [6.07, 6.45) is 0. The first-order valence-corrected chi connectivity index (χ1v) is 37.8. The lowest BCUT2D eigenvalue weighted by Gasteiger charge is -2.21. The van der Waals surface area contributed by atoms with Gasteiger partial charge >= 0.3 is 0 Å². The number of rotatable bonds is 9. The van der Waals surface area contributed by atoms with E-state index in [0.717, 1.165) is 78.2 Å². The highest BCUT2D eigenvalue weighted by atomic mass is 15.0. The van der Waals surface area contributed by atoms with E-state index in [2.05, 4.69) is 389 Å². The lowest BCUT2D eigenvalue weighted by molar-refractivity contribution is 0.660. The van der Waals surface area contributed by atoms with Gasteiger partial charge in [-0.25, -0.2) is 9.97 Å². The molecule has 0 radical (unpaired) electrons. The van der Waals surface area contributed by atoms with Crippen LogP contribution >= 0.6 is 0 Å². The van der Waals surface area contributed by atoms with Gasteiger partial charge in [-0.1, -0.05) is 248 Å². The van der Waals surface area contributed by atoms with Crippen molar-refractivity contribution in [3.63, 3.8) is 0 Å². The molecule has 4 heterocycles. The monoisotopic (exact) mass is 1380 g/mol. The summed E-state index contributed by atoms with van der Waals surface area (Å²) in [6, 6.07) is 124. The Labute approximate surface area is 627 Å². The maximum absolute atomic E-state index is 5.60. The molecule has 15 aromatic carbocycles. The van der Waals surface area contributed by atoms with Gasteiger partial charge in [-0.05, 0) is 228 Å². The van der Waals surface area contributed by atoms with Crippen LogP contribution in [0, 0.1) is 0 Å². The third kappa shape index (κ3) is 9.12. The third-order valence-electron chi connectivity index (χ3n) is 24.7. The van der Waals surface area contributed by atoms with E-state index in [1.54, 1.807) is 0 Å². The molecule has 108 heavy (non-hydrogen) atoms. The molecule has 510 valence electrons. The van der Waals surface area contributed by atoms with E-state index in [0.29, 0.717) is 5.82 Å². The summed E-state index contributed by atoms with van der Waals surface area (Å²) in [6.45, 7) is 14.1. The van der Waals surface area contributed by atoms with Gasteiger partial charge in [-0.15, -0.1) is 0 Å². The highest BCUT2D eigenvalue weighted by molar-refractivity contribution is 6.13. The maximum atomic E-state index is 5.60. The summed E-state index contributed by atoms with van der Waals surface area (Å²) in [4.78, 5) is 11.2. The largest absolute Gasteiger partial charge is 0.309 e. The summed E-state index contributed by atoms with van der Waals surface area (Å²) in [5.74, 6) is 0.642. The lowest BCUT2D eigenvalue weighted by atomic mass is 9.82. The maximum Gasteiger partial charge on any atom is 0.160 e. The summed E-state index contributed by atoms with van der Waals surface area (Å²) in [5.41, 5.74) is 37.9. The summed E-state index contributed by atoms with van der Waals surface area (Å²) < 4.78 is 7.25. The molecule has 0 N–H and O–H groups in total. The number of aromatic nitrogens is 5. The number of para-hydroxylation sites is 3. The van der Waals surface area contributed by atoms with Gasteiger partial charge in [0.1, 0.15) is 0 Å². The Balaban J connectivity index is 0.663. The molecular weight excluding hydrogens is 1310 g/mol. The minimum absolute atomic E-state index is 0.0504. The molecule has 0 bridgehead atoms. The van der Waals surface area contributed by atoms with Crippen LogP contribution in [0.2, 0.25) is 0 Å². The second kappa shape index (κ2) is 22.9. The first kappa shape index (κ1) is 62.2. The van der Waals surface area contributed by atoms with Gasteiger partial charge in [-0.3, -0.25) is 0 Å². The van der Waals surface area contributed by atoms with Gasteiger partial charge in [0.05, 0.1) is 44.5 Å². The number of nitrogens with zero attached hydrogens (tertiary/aromatic N) is 5. The summed E-state index contributed by atoms with van der Waals surface area (Å²) in [7, 11) is 0. The fourth-order valence-electron chi connectivity index (χ4n) is 19.2. The molecule has 0 saturated carbocycles. The van der Waals surface area contributed by atoms with Crippen LogP contribution < -0.4 is 0 Å². The van der Waals surface area contributed by atoms with E-state index in [-0.39, 0.29) is 16.2 Å². The van der Waals surface area contributed by atoms with Gasteiger partial charge in [0.25, 0.3) is 0 Å². The van der Waals surface area contributed by atoms with Crippen molar-refractivity contribution in [1.29, 1.82) is 0 Å². The van der Waals surface area contributed by atoms with E-state index >= 15 is 0 Å². The van der Waals surface area contributed by atoms with E-state index in [9.17, 15) is 0 Å². The van der Waals surface area contributed by atoms with Crippen LogP contribution in [0.4, 0.5) is 0 Å². The molecule has 19 aromatic rings. The minimum Gasteiger partial charge on any atom is -0.309 e. The van der Waals surface area contributed by atoms with Crippen molar-refractivity contribution in [1.82, 2.24) is 23.7 Å². The van der Waals surface area contributed by atoms with Crippen molar-refractivity contribution < 1.29 is 0 Å². The van der Waals surface area contributed by atoms with Crippen LogP contribution in [-0.2, 0) is 16.2 Å². The number of fused-ring (bicyclic) bond motifs is 18. The molecule has 0 saturated heterocycles. The Morgan fingerprint density at radius 1 is 0.194 bits per heavy atom. The van der Waals surface area contributed by atoms with E-state index < -0.39 is 0 Å². The molecule has 3 aliphatic carbocycles. The van der Waals surface area contributed by atoms with E-state index in [4.69, 9.17) is 9.97 Å². The van der Waals surface area contributed by atoms with Crippen molar-refractivity contribution >= 4 is 65.4 Å². The zero-order valence-corrected chi connectivity index (χ0v) is 61.0. The third-order valence-corrected chi connectivity index (χ3v) is 24.7. The second-order valence-electron chi connectivity index (χ2n) is 31.7. The van der Waals surface area contributed by atoms with Crippen LogP contribution in [0.5, 0.6) is 0 Å². The highest BCUT2D eigenvalue weighted by Crippen LogP contribution is 2.54. The van der Waals surface area contributed by atoms with Crippen LogP contribution in [0.15, 0.2) is 334 Å². The Morgan fingerprint density at radius 2 is 0.491 bits per heavy atom. The standard InChI is InChI=1S/C103H73N5/c1-101(2)86-31-13-7-25-74(86)80-55-63(39-47-89(80)101)66-42-50-97-83(58-66)77-28-10-16-34-94(77)106(97)71-45-37-62(38-46-71)100-104-92(69-21-19-23-72(53-69)107-95-35-17-11-29-78(95)84-59-67(43-51-98(84)107)64-40-48-90-81(56-64)75-26-8-14-32-87(75)102(90,3)4)61-93(105-100)70-22-20-24-73(54-70)108-96-36-18-12-30-79(96)85-60-68(44-52-99(85)108)65-41-49-91-82(57-65)76-27-9-15-33-88(76)103(91,5)6/h7-61H,1-6H3. The van der Waals surface area contributed by atoms with Crippen molar-refractivity contribution in [3.05, 3.63) is 367 Å². The average Bonchev–Trinajstić information content (AvgIpc) is 1.59. The second-order valence-corrected chi connectivity index (χ2v) is 31.7. The lowest BCUT2D eigenvalue weighted by Crippen LogP contribution is -2.14. The van der Waals surface area contributed by atoms with Crippen molar-refractivity contribution in [2.75, 3.05) is 0 Å². The Hall–Kier alpha value is -13.2. The highest BCUT2D eigenvalue weighted by Gasteiger charge is 2.38. The number of benzene rings is 15. The van der Waals surface area contributed by atoms with Gasteiger partial charge in [-0.2, -0.15) is 0 Å². The topological polar surface area (TPSA) is 40.6 Å². The van der Waals surface area contributed by atoms with Crippen LogP contribution in [0.3, 0.4) is 0 Å². The predicted molar refractivity (Wildman–Crippen MR) is 450 cm³/mol. The molecule has 0 unspecified atom stereocenters. The molecule has 5 heteroatoms. The molecular formula is C103H73N5. The molecule has 0 atom stereocenters. The fourth-order valence-corrected chi connectivity index (χ4v) is 19.2. The van der Waals surface area contributed by atoms with Gasteiger partial charge in [0, 0.05) is 82.3 Å². The van der Waals surface area contributed by atoms with E-state index in [1.165, 1.54) is 132 Å². The molecule has 3 aliphatic rings. The van der Waals surface area contributed by atoms with Gasteiger partial charge < -0.3 is 13.7 Å². The Bertz CT molecular complexity index is 6800. The van der Waals surface area contributed by atoms with Crippen molar-refractivity contribution in [2.45, 2.75) is 57.8 Å². The molecule has 0 fully saturated rings. The summed E-state index contributed by atoms with van der Waals surface area (Å²) in [5, 5.41) is 7.25. The first-order chi connectivity index (χ1) is 52.8. The predicted octanol–water partition coefficient (Wildman–Crippen LogP) is 26.7. The van der Waals surface area contributed by atoms with Crippen LogP contribution in [-0.4, -0.2) is 23.7 Å². The quantitative estimate of drug-likeness (QED) is 0.144. The number of hydrogen-bond acceptors (Lipinski definition) is 2. The first-order valence-electron chi connectivity index (χ1n) is 37.8. The molecule has 5 nitrogen and oxygen atoms in total.